The molecule has 0 unspecified atom stereocenters. The Bertz CT molecular complexity index is 1160. The third-order valence-electron chi connectivity index (χ3n) is 4.88. The molecule has 140 valence electrons. The fourth-order valence-electron chi connectivity index (χ4n) is 3.10. The van der Waals surface area contributed by atoms with Gasteiger partial charge in [-0.2, -0.15) is 0 Å². The van der Waals surface area contributed by atoms with Gasteiger partial charge in [0.05, 0.1) is 0 Å². The molecule has 0 saturated carbocycles. The zero-order chi connectivity index (χ0) is 19.7. The zero-order valence-corrected chi connectivity index (χ0v) is 16.9. The summed E-state index contributed by atoms with van der Waals surface area (Å²) >= 11 is 1.71. The lowest BCUT2D eigenvalue weighted by molar-refractivity contribution is 0.0998. The summed E-state index contributed by atoms with van der Waals surface area (Å²) in [5.74, 6) is 0.123. The first-order valence-electron chi connectivity index (χ1n) is 9.16. The number of aryl methyl sites for hydroxylation is 3. The van der Waals surface area contributed by atoms with E-state index in [0.29, 0.717) is 5.76 Å². The number of nitrogens with one attached hydrogen (secondary N) is 1. The maximum absolute atomic E-state index is 12.6. The highest BCUT2D eigenvalue weighted by atomic mass is 32.2. The van der Waals surface area contributed by atoms with Gasteiger partial charge >= 0.3 is 0 Å². The van der Waals surface area contributed by atoms with Crippen molar-refractivity contribution in [1.82, 2.24) is 0 Å². The number of hydrogen-bond donors (Lipinski definition) is 1. The number of rotatable bonds is 4. The first-order valence-corrected chi connectivity index (χ1v) is 9.97. The molecule has 4 rings (SSSR count). The molecule has 1 heterocycles. The molecule has 4 heteroatoms. The van der Waals surface area contributed by atoms with Crippen molar-refractivity contribution in [3.05, 3.63) is 89.2 Å². The standard InChI is InChI=1S/C24H21NO2S/c1-15-8-11-20(14-16(15)2)28-19-12-9-18(10-13-19)25-24(26)23-17(3)21-6-4-5-7-22(21)27-23/h4-14H,1-3H3,(H,25,26). The molecule has 3 nitrogen and oxygen atoms in total. The predicted octanol–water partition coefficient (Wildman–Crippen LogP) is 6.76. The van der Waals surface area contributed by atoms with Crippen molar-refractivity contribution in [3.8, 4) is 0 Å². The second kappa shape index (κ2) is 7.56. The number of fused-ring (bicyclic) bond motifs is 1. The number of hydrogen-bond acceptors (Lipinski definition) is 3. The van der Waals surface area contributed by atoms with Gasteiger partial charge in [-0.1, -0.05) is 36.0 Å². The molecule has 0 radical (unpaired) electrons. The monoisotopic (exact) mass is 387 g/mol. The summed E-state index contributed by atoms with van der Waals surface area (Å²) in [6.07, 6.45) is 0. The summed E-state index contributed by atoms with van der Waals surface area (Å²) in [6.45, 7) is 6.15. The Balaban J connectivity index is 1.48. The minimum atomic E-state index is -0.233. The quantitative estimate of drug-likeness (QED) is 0.420. The SMILES string of the molecule is Cc1ccc(Sc2ccc(NC(=O)c3oc4ccccc4c3C)cc2)cc1C. The van der Waals surface area contributed by atoms with E-state index < -0.39 is 0 Å². The van der Waals surface area contributed by atoms with Crippen LogP contribution in [-0.2, 0) is 0 Å². The molecule has 1 aromatic heterocycles. The van der Waals surface area contributed by atoms with Crippen LogP contribution in [0.25, 0.3) is 11.0 Å². The lowest BCUT2D eigenvalue weighted by Gasteiger charge is -2.07. The fourth-order valence-corrected chi connectivity index (χ4v) is 4.01. The minimum absolute atomic E-state index is 0.233. The molecule has 0 spiro atoms. The Hall–Kier alpha value is -2.98. The van der Waals surface area contributed by atoms with E-state index in [2.05, 4.69) is 37.4 Å². The Morgan fingerprint density at radius 3 is 2.29 bits per heavy atom. The molecule has 0 aliphatic rings. The average molecular weight is 388 g/mol. The van der Waals surface area contributed by atoms with E-state index in [1.165, 1.54) is 16.0 Å². The number of furan rings is 1. The predicted molar refractivity (Wildman–Crippen MR) is 115 cm³/mol. The molecule has 0 fully saturated rings. The summed E-state index contributed by atoms with van der Waals surface area (Å²) in [7, 11) is 0. The summed E-state index contributed by atoms with van der Waals surface area (Å²) in [4.78, 5) is 15.0. The Kier molecular flexibility index (Phi) is 4.97. The second-order valence-electron chi connectivity index (χ2n) is 6.88. The van der Waals surface area contributed by atoms with E-state index in [0.717, 1.165) is 27.1 Å². The van der Waals surface area contributed by atoms with E-state index in [-0.39, 0.29) is 5.91 Å². The van der Waals surface area contributed by atoms with Gasteiger partial charge in [0.2, 0.25) is 0 Å². The van der Waals surface area contributed by atoms with Gasteiger partial charge in [0.15, 0.2) is 5.76 Å². The van der Waals surface area contributed by atoms with E-state index in [4.69, 9.17) is 4.42 Å². The van der Waals surface area contributed by atoms with Gasteiger partial charge < -0.3 is 9.73 Å². The van der Waals surface area contributed by atoms with Crippen LogP contribution in [0.3, 0.4) is 0 Å². The van der Waals surface area contributed by atoms with Gasteiger partial charge in [-0.25, -0.2) is 0 Å². The summed E-state index contributed by atoms with van der Waals surface area (Å²) in [5.41, 5.74) is 4.91. The third kappa shape index (κ3) is 3.69. The number of benzene rings is 3. The van der Waals surface area contributed by atoms with Gasteiger partial charge in [0.25, 0.3) is 5.91 Å². The van der Waals surface area contributed by atoms with Crippen LogP contribution in [0, 0.1) is 20.8 Å². The van der Waals surface area contributed by atoms with E-state index in [1.807, 2.05) is 55.5 Å². The van der Waals surface area contributed by atoms with Crippen LogP contribution in [0.15, 0.2) is 80.9 Å². The van der Waals surface area contributed by atoms with Crippen molar-refractivity contribution >= 4 is 34.3 Å². The molecule has 4 aromatic rings. The lowest BCUT2D eigenvalue weighted by Crippen LogP contribution is -2.11. The van der Waals surface area contributed by atoms with E-state index >= 15 is 0 Å². The van der Waals surface area contributed by atoms with Crippen molar-refractivity contribution in [2.24, 2.45) is 0 Å². The maximum atomic E-state index is 12.6. The number of anilines is 1. The van der Waals surface area contributed by atoms with Gasteiger partial charge in [-0.15, -0.1) is 0 Å². The molecule has 3 aromatic carbocycles. The van der Waals surface area contributed by atoms with Crippen LogP contribution in [0.5, 0.6) is 0 Å². The smallest absolute Gasteiger partial charge is 0.291 e. The normalized spacial score (nSPS) is 11.0. The van der Waals surface area contributed by atoms with Gasteiger partial charge in [-0.3, -0.25) is 4.79 Å². The van der Waals surface area contributed by atoms with Crippen LogP contribution >= 0.6 is 11.8 Å². The molecule has 0 aliphatic heterocycles. The molecule has 1 N–H and O–H groups in total. The number of carbonyl (C=O) groups is 1. The summed E-state index contributed by atoms with van der Waals surface area (Å²) in [6, 6.07) is 22.0. The molecule has 1 amide bonds. The zero-order valence-electron chi connectivity index (χ0n) is 16.1. The highest BCUT2D eigenvalue weighted by Gasteiger charge is 2.17. The number of para-hydroxylation sites is 1. The number of carbonyl (C=O) groups excluding carboxylic acids is 1. The van der Waals surface area contributed by atoms with Gasteiger partial charge in [0, 0.05) is 26.4 Å². The van der Waals surface area contributed by atoms with Crippen molar-refractivity contribution in [2.75, 3.05) is 5.32 Å². The van der Waals surface area contributed by atoms with E-state index in [9.17, 15) is 4.79 Å². The van der Waals surface area contributed by atoms with Crippen molar-refractivity contribution in [3.63, 3.8) is 0 Å². The Labute approximate surface area is 168 Å². The molecule has 0 aliphatic carbocycles. The Morgan fingerprint density at radius 1 is 0.857 bits per heavy atom. The maximum Gasteiger partial charge on any atom is 0.291 e. The first kappa shape index (κ1) is 18.4. The fraction of sp³-hybridized carbons (Fsp3) is 0.125. The van der Waals surface area contributed by atoms with Crippen molar-refractivity contribution in [2.45, 2.75) is 30.6 Å². The highest BCUT2D eigenvalue weighted by Crippen LogP contribution is 2.30. The average Bonchev–Trinajstić information content (AvgIpc) is 3.03. The second-order valence-corrected chi connectivity index (χ2v) is 8.03. The van der Waals surface area contributed by atoms with Crippen LogP contribution in [0.4, 0.5) is 5.69 Å². The van der Waals surface area contributed by atoms with Crippen LogP contribution < -0.4 is 5.32 Å². The largest absolute Gasteiger partial charge is 0.451 e. The molecule has 28 heavy (non-hydrogen) atoms. The van der Waals surface area contributed by atoms with Crippen LogP contribution in [0.1, 0.15) is 27.2 Å². The first-order chi connectivity index (χ1) is 13.5. The van der Waals surface area contributed by atoms with Crippen molar-refractivity contribution in [1.29, 1.82) is 0 Å². The third-order valence-corrected chi connectivity index (χ3v) is 5.87. The van der Waals surface area contributed by atoms with Crippen LogP contribution in [0.2, 0.25) is 0 Å². The molecule has 0 bridgehead atoms. The topological polar surface area (TPSA) is 42.2 Å². The summed E-state index contributed by atoms with van der Waals surface area (Å²) in [5, 5.41) is 3.89. The van der Waals surface area contributed by atoms with Crippen LogP contribution in [-0.4, -0.2) is 5.91 Å². The molecule has 0 atom stereocenters. The number of amides is 1. The van der Waals surface area contributed by atoms with Gasteiger partial charge in [0.1, 0.15) is 5.58 Å². The highest BCUT2D eigenvalue weighted by molar-refractivity contribution is 7.99. The Morgan fingerprint density at radius 2 is 1.57 bits per heavy atom. The van der Waals surface area contributed by atoms with Crippen molar-refractivity contribution < 1.29 is 9.21 Å². The van der Waals surface area contributed by atoms with E-state index in [1.54, 1.807) is 11.8 Å². The summed E-state index contributed by atoms with van der Waals surface area (Å²) < 4.78 is 5.74. The minimum Gasteiger partial charge on any atom is -0.451 e. The molecular weight excluding hydrogens is 366 g/mol. The van der Waals surface area contributed by atoms with Gasteiger partial charge in [-0.05, 0) is 74.4 Å². The molecule has 0 saturated heterocycles. The lowest BCUT2D eigenvalue weighted by atomic mass is 10.1. The molecular formula is C24H21NO2S.